The summed E-state index contributed by atoms with van der Waals surface area (Å²) in [7, 11) is 0. The zero-order chi connectivity index (χ0) is 12.8. The lowest BCUT2D eigenvalue weighted by atomic mass is 9.83. The second-order valence-electron chi connectivity index (χ2n) is 5.50. The van der Waals surface area contributed by atoms with Gasteiger partial charge in [-0.3, -0.25) is 0 Å². The Morgan fingerprint density at radius 2 is 2.11 bits per heavy atom. The third kappa shape index (κ3) is 2.04. The number of hydrogen-bond acceptors (Lipinski definition) is 2. The summed E-state index contributed by atoms with van der Waals surface area (Å²) in [5, 5.41) is 0. The fourth-order valence-electron chi connectivity index (χ4n) is 2.92. The number of halogens is 2. The highest BCUT2D eigenvalue weighted by Crippen LogP contribution is 2.43. The minimum Gasteiger partial charge on any atom is -0.376 e. The molecule has 0 aromatic heterocycles. The summed E-state index contributed by atoms with van der Waals surface area (Å²) in [6, 6.07) is 4.26. The Hall–Kier alpha value is -1.00. The largest absolute Gasteiger partial charge is 0.376 e. The molecule has 0 amide bonds. The molecule has 1 saturated carbocycles. The lowest BCUT2D eigenvalue weighted by Crippen LogP contribution is -2.50. The molecule has 2 N–H and O–H groups in total. The van der Waals surface area contributed by atoms with Gasteiger partial charge in [-0.15, -0.1) is 0 Å². The first-order chi connectivity index (χ1) is 8.60. The third-order valence-electron chi connectivity index (χ3n) is 4.03. The van der Waals surface area contributed by atoms with E-state index in [1.807, 2.05) is 0 Å². The van der Waals surface area contributed by atoms with E-state index in [1.165, 1.54) is 6.07 Å². The molecule has 2 aliphatic rings. The Labute approximate surface area is 105 Å². The van der Waals surface area contributed by atoms with Crippen LogP contribution in [-0.2, 0) is 11.2 Å². The van der Waals surface area contributed by atoms with Crippen molar-refractivity contribution in [3.63, 3.8) is 0 Å². The van der Waals surface area contributed by atoms with Crippen LogP contribution in [0.15, 0.2) is 18.2 Å². The van der Waals surface area contributed by atoms with Crippen LogP contribution in [0.25, 0.3) is 0 Å². The molecule has 1 aromatic rings. The number of hydrogen-bond donors (Lipinski definition) is 1. The quantitative estimate of drug-likeness (QED) is 0.897. The van der Waals surface area contributed by atoms with Crippen molar-refractivity contribution in [3.8, 4) is 0 Å². The van der Waals surface area contributed by atoms with Crippen LogP contribution in [0.2, 0.25) is 0 Å². The smallest absolute Gasteiger partial charge is 0.162 e. The molecule has 1 aliphatic heterocycles. The van der Waals surface area contributed by atoms with Crippen LogP contribution in [0.4, 0.5) is 8.78 Å². The molecule has 0 spiro atoms. The first-order valence-electron chi connectivity index (χ1n) is 6.43. The standard InChI is InChI=1S/C14H17F2NO/c15-11-3-1-2-10(12(11)16)8-14(17)6-7-18-13(14)9-4-5-9/h1-3,9,13H,4-8,17H2. The molecule has 2 nitrogen and oxygen atoms in total. The maximum Gasteiger partial charge on any atom is 0.162 e. The topological polar surface area (TPSA) is 35.2 Å². The summed E-state index contributed by atoms with van der Waals surface area (Å²) < 4.78 is 32.6. The van der Waals surface area contributed by atoms with E-state index < -0.39 is 17.2 Å². The average Bonchev–Trinajstić information content (AvgIpc) is 3.10. The number of benzene rings is 1. The molecule has 98 valence electrons. The maximum absolute atomic E-state index is 13.7. The highest BCUT2D eigenvalue weighted by molar-refractivity contribution is 5.23. The second-order valence-corrected chi connectivity index (χ2v) is 5.50. The lowest BCUT2D eigenvalue weighted by Gasteiger charge is -2.30. The number of nitrogens with two attached hydrogens (primary N) is 1. The van der Waals surface area contributed by atoms with E-state index in [0.29, 0.717) is 30.9 Å². The van der Waals surface area contributed by atoms with Gasteiger partial charge < -0.3 is 10.5 Å². The SMILES string of the molecule is NC1(Cc2cccc(F)c2F)CCOC1C1CC1. The van der Waals surface area contributed by atoms with E-state index in [2.05, 4.69) is 0 Å². The van der Waals surface area contributed by atoms with Gasteiger partial charge in [0.05, 0.1) is 6.10 Å². The molecule has 1 aromatic carbocycles. The molecule has 18 heavy (non-hydrogen) atoms. The van der Waals surface area contributed by atoms with Crippen molar-refractivity contribution in [2.24, 2.45) is 11.7 Å². The van der Waals surface area contributed by atoms with Gasteiger partial charge in [0.25, 0.3) is 0 Å². The minimum atomic E-state index is -0.807. The predicted octanol–water partition coefficient (Wildman–Crippen LogP) is 2.40. The molecule has 1 aliphatic carbocycles. The fraction of sp³-hybridized carbons (Fsp3) is 0.571. The van der Waals surface area contributed by atoms with E-state index in [9.17, 15) is 8.78 Å². The number of ether oxygens (including phenoxy) is 1. The van der Waals surface area contributed by atoms with E-state index in [1.54, 1.807) is 6.07 Å². The second kappa shape index (κ2) is 4.28. The van der Waals surface area contributed by atoms with Crippen molar-refractivity contribution in [2.75, 3.05) is 6.61 Å². The van der Waals surface area contributed by atoms with Gasteiger partial charge >= 0.3 is 0 Å². The van der Waals surface area contributed by atoms with Crippen LogP contribution in [0.3, 0.4) is 0 Å². The maximum atomic E-state index is 13.7. The molecule has 2 atom stereocenters. The lowest BCUT2D eigenvalue weighted by molar-refractivity contribution is 0.0624. The van der Waals surface area contributed by atoms with Gasteiger partial charge in [0.15, 0.2) is 11.6 Å². The summed E-state index contributed by atoms with van der Waals surface area (Å²) in [6.07, 6.45) is 3.33. The van der Waals surface area contributed by atoms with Crippen LogP contribution < -0.4 is 5.73 Å². The zero-order valence-electron chi connectivity index (χ0n) is 10.2. The van der Waals surface area contributed by atoms with Crippen LogP contribution in [0.5, 0.6) is 0 Å². The molecule has 3 rings (SSSR count). The van der Waals surface area contributed by atoms with Crippen LogP contribution in [-0.4, -0.2) is 18.2 Å². The Morgan fingerprint density at radius 1 is 1.33 bits per heavy atom. The monoisotopic (exact) mass is 253 g/mol. The van der Waals surface area contributed by atoms with E-state index in [-0.39, 0.29) is 6.10 Å². The first-order valence-corrected chi connectivity index (χ1v) is 6.43. The van der Waals surface area contributed by atoms with Gasteiger partial charge in [0, 0.05) is 12.1 Å². The van der Waals surface area contributed by atoms with Crippen molar-refractivity contribution in [2.45, 2.75) is 37.3 Å². The number of rotatable bonds is 3. The zero-order valence-corrected chi connectivity index (χ0v) is 10.2. The van der Waals surface area contributed by atoms with Crippen molar-refractivity contribution in [3.05, 3.63) is 35.4 Å². The van der Waals surface area contributed by atoms with Gasteiger partial charge in [0.2, 0.25) is 0 Å². The van der Waals surface area contributed by atoms with Crippen molar-refractivity contribution in [1.82, 2.24) is 0 Å². The van der Waals surface area contributed by atoms with Crippen LogP contribution in [0, 0.1) is 17.6 Å². The Morgan fingerprint density at radius 3 is 2.83 bits per heavy atom. The summed E-state index contributed by atoms with van der Waals surface area (Å²) in [5.74, 6) is -1.07. The molecular weight excluding hydrogens is 236 g/mol. The summed E-state index contributed by atoms with van der Waals surface area (Å²) in [4.78, 5) is 0. The van der Waals surface area contributed by atoms with E-state index in [0.717, 1.165) is 18.9 Å². The van der Waals surface area contributed by atoms with Gasteiger partial charge in [-0.25, -0.2) is 8.78 Å². The predicted molar refractivity (Wildman–Crippen MR) is 64.1 cm³/mol. The van der Waals surface area contributed by atoms with Crippen LogP contribution in [0.1, 0.15) is 24.8 Å². The fourth-order valence-corrected chi connectivity index (χ4v) is 2.92. The highest BCUT2D eigenvalue weighted by Gasteiger charge is 2.48. The van der Waals surface area contributed by atoms with Crippen molar-refractivity contribution in [1.29, 1.82) is 0 Å². The molecule has 0 bridgehead atoms. The molecule has 2 unspecified atom stereocenters. The molecule has 2 fully saturated rings. The van der Waals surface area contributed by atoms with Gasteiger partial charge in [-0.1, -0.05) is 12.1 Å². The molecule has 4 heteroatoms. The van der Waals surface area contributed by atoms with Gasteiger partial charge in [0.1, 0.15) is 0 Å². The molecule has 0 radical (unpaired) electrons. The van der Waals surface area contributed by atoms with E-state index >= 15 is 0 Å². The normalized spacial score (nSPS) is 31.8. The molecule has 1 heterocycles. The minimum absolute atomic E-state index is 0.000155. The summed E-state index contributed by atoms with van der Waals surface area (Å²) >= 11 is 0. The Kier molecular flexibility index (Phi) is 2.87. The van der Waals surface area contributed by atoms with Gasteiger partial charge in [-0.05, 0) is 43.2 Å². The summed E-state index contributed by atoms with van der Waals surface area (Å²) in [5.41, 5.74) is 6.19. The van der Waals surface area contributed by atoms with Crippen molar-refractivity contribution < 1.29 is 13.5 Å². The van der Waals surface area contributed by atoms with E-state index in [4.69, 9.17) is 10.5 Å². The third-order valence-corrected chi connectivity index (χ3v) is 4.03. The summed E-state index contributed by atoms with van der Waals surface area (Å²) in [6.45, 7) is 0.620. The molecular formula is C14H17F2NO. The Balaban J connectivity index is 1.84. The average molecular weight is 253 g/mol. The van der Waals surface area contributed by atoms with Crippen LogP contribution >= 0.6 is 0 Å². The highest BCUT2D eigenvalue weighted by atomic mass is 19.2. The molecule has 1 saturated heterocycles. The van der Waals surface area contributed by atoms with Crippen molar-refractivity contribution >= 4 is 0 Å². The van der Waals surface area contributed by atoms with Gasteiger partial charge in [-0.2, -0.15) is 0 Å². The first kappa shape index (κ1) is 12.1. The Bertz CT molecular complexity index is 461.